The van der Waals surface area contributed by atoms with E-state index < -0.39 is 0 Å². The third-order valence-corrected chi connectivity index (χ3v) is 3.73. The molecule has 2 aromatic rings. The van der Waals surface area contributed by atoms with Crippen LogP contribution in [0.5, 0.6) is 0 Å². The Morgan fingerprint density at radius 3 is 2.62 bits per heavy atom. The predicted molar refractivity (Wildman–Crippen MR) is 62.8 cm³/mol. The molecular weight excluding hydrogens is 203 g/mol. The number of rotatable bonds is 1. The van der Waals surface area contributed by atoms with Crippen LogP contribution in [0.15, 0.2) is 12.1 Å². The predicted octanol–water partition coefficient (Wildman–Crippen LogP) is 2.87. The second-order valence-electron chi connectivity index (χ2n) is 4.91. The van der Waals surface area contributed by atoms with E-state index in [-0.39, 0.29) is 11.4 Å². The maximum Gasteiger partial charge on any atom is 0.147 e. The lowest BCUT2D eigenvalue weighted by atomic mass is 10.0. The molecule has 1 heterocycles. The first-order chi connectivity index (χ1) is 7.51. The van der Waals surface area contributed by atoms with Crippen molar-refractivity contribution in [2.45, 2.75) is 32.2 Å². The van der Waals surface area contributed by atoms with Gasteiger partial charge in [-0.3, -0.25) is 0 Å². The zero-order chi connectivity index (χ0) is 11.5. The van der Waals surface area contributed by atoms with Gasteiger partial charge in [0.2, 0.25) is 0 Å². The van der Waals surface area contributed by atoms with Crippen LogP contribution in [-0.2, 0) is 5.54 Å². The first-order valence-corrected chi connectivity index (χ1v) is 5.59. The van der Waals surface area contributed by atoms with Crippen molar-refractivity contribution in [3.8, 4) is 0 Å². The highest BCUT2D eigenvalue weighted by atomic mass is 19.1. The number of fused-ring (bicyclic) bond motifs is 1. The average molecular weight is 218 g/mol. The fraction of sp³-hybridized carbons (Fsp3) is 0.385. The molecule has 1 aromatic carbocycles. The molecular formula is C13H15FN2. The van der Waals surface area contributed by atoms with Gasteiger partial charge in [0, 0.05) is 16.6 Å². The third-order valence-electron chi connectivity index (χ3n) is 3.73. The van der Waals surface area contributed by atoms with Crippen LogP contribution < -0.4 is 5.73 Å². The Kier molecular flexibility index (Phi) is 1.76. The zero-order valence-corrected chi connectivity index (χ0v) is 9.52. The minimum absolute atomic E-state index is 0.194. The van der Waals surface area contributed by atoms with Gasteiger partial charge >= 0.3 is 0 Å². The molecule has 0 saturated heterocycles. The van der Waals surface area contributed by atoms with E-state index in [9.17, 15) is 4.39 Å². The molecule has 0 radical (unpaired) electrons. The summed E-state index contributed by atoms with van der Waals surface area (Å²) >= 11 is 0. The lowest BCUT2D eigenvalue weighted by Crippen LogP contribution is -2.18. The molecule has 2 nitrogen and oxygen atoms in total. The van der Waals surface area contributed by atoms with E-state index in [4.69, 9.17) is 5.73 Å². The van der Waals surface area contributed by atoms with Crippen LogP contribution >= 0.6 is 0 Å². The molecule has 1 aliphatic rings. The van der Waals surface area contributed by atoms with E-state index >= 15 is 0 Å². The third kappa shape index (κ3) is 1.21. The summed E-state index contributed by atoms with van der Waals surface area (Å²) < 4.78 is 13.9. The second kappa shape index (κ2) is 2.86. The van der Waals surface area contributed by atoms with Crippen molar-refractivity contribution in [2.75, 3.05) is 0 Å². The zero-order valence-electron chi connectivity index (χ0n) is 9.52. The Bertz CT molecular complexity index is 579. The van der Waals surface area contributed by atoms with Crippen molar-refractivity contribution in [2.24, 2.45) is 5.73 Å². The molecule has 16 heavy (non-hydrogen) atoms. The van der Waals surface area contributed by atoms with E-state index in [1.165, 1.54) is 0 Å². The first-order valence-electron chi connectivity index (χ1n) is 5.59. The monoisotopic (exact) mass is 218 g/mol. The molecule has 3 rings (SSSR count). The summed E-state index contributed by atoms with van der Waals surface area (Å²) in [6.07, 6.45) is 1.92. The van der Waals surface area contributed by atoms with Crippen molar-refractivity contribution in [1.82, 2.24) is 4.98 Å². The molecule has 1 fully saturated rings. The van der Waals surface area contributed by atoms with E-state index in [1.54, 1.807) is 6.07 Å². The molecule has 1 aliphatic carbocycles. The minimum atomic E-state index is -0.271. The topological polar surface area (TPSA) is 41.8 Å². The molecule has 0 spiro atoms. The van der Waals surface area contributed by atoms with Gasteiger partial charge in [0.25, 0.3) is 0 Å². The number of H-pyrrole nitrogens is 1. The molecule has 0 unspecified atom stereocenters. The van der Waals surface area contributed by atoms with Gasteiger partial charge in [-0.25, -0.2) is 4.39 Å². The van der Waals surface area contributed by atoms with Crippen molar-refractivity contribution < 1.29 is 4.39 Å². The van der Waals surface area contributed by atoms with E-state index in [0.717, 1.165) is 35.0 Å². The number of aryl methyl sites for hydroxylation is 2. The fourth-order valence-corrected chi connectivity index (χ4v) is 2.22. The van der Waals surface area contributed by atoms with Crippen LogP contribution in [0, 0.1) is 19.7 Å². The second-order valence-corrected chi connectivity index (χ2v) is 4.91. The Hall–Kier alpha value is -1.35. The first kappa shape index (κ1) is 9.85. The molecule has 0 atom stereocenters. The van der Waals surface area contributed by atoms with Crippen LogP contribution in [-0.4, -0.2) is 4.98 Å². The molecule has 3 heteroatoms. The lowest BCUT2D eigenvalue weighted by Gasteiger charge is -2.09. The number of nitrogens with one attached hydrogen (secondary N) is 1. The molecule has 0 bridgehead atoms. The highest BCUT2D eigenvalue weighted by Crippen LogP contribution is 2.44. The van der Waals surface area contributed by atoms with Crippen LogP contribution in [0.4, 0.5) is 4.39 Å². The van der Waals surface area contributed by atoms with Gasteiger partial charge in [-0.2, -0.15) is 0 Å². The summed E-state index contributed by atoms with van der Waals surface area (Å²) in [5.74, 6) is -0.194. The largest absolute Gasteiger partial charge is 0.356 e. The molecule has 3 N–H and O–H groups in total. The Morgan fingerprint density at radius 1 is 1.31 bits per heavy atom. The maximum atomic E-state index is 13.9. The van der Waals surface area contributed by atoms with Crippen molar-refractivity contribution in [3.05, 3.63) is 34.8 Å². The Balaban J connectivity index is 2.32. The summed E-state index contributed by atoms with van der Waals surface area (Å²) in [5, 5.41) is 0.962. The molecule has 1 aromatic heterocycles. The van der Waals surface area contributed by atoms with E-state index in [0.29, 0.717) is 5.52 Å². The molecule has 0 amide bonds. The van der Waals surface area contributed by atoms with E-state index in [1.807, 2.05) is 19.9 Å². The van der Waals surface area contributed by atoms with Gasteiger partial charge < -0.3 is 10.7 Å². The van der Waals surface area contributed by atoms with Crippen LogP contribution in [0.25, 0.3) is 10.9 Å². The Morgan fingerprint density at radius 2 is 2.00 bits per heavy atom. The number of aromatic amines is 1. The summed E-state index contributed by atoms with van der Waals surface area (Å²) in [4.78, 5) is 3.08. The van der Waals surface area contributed by atoms with Gasteiger partial charge in [0.05, 0.1) is 5.52 Å². The summed E-state index contributed by atoms with van der Waals surface area (Å²) in [5.41, 5.74) is 9.50. The fourth-order valence-electron chi connectivity index (χ4n) is 2.22. The van der Waals surface area contributed by atoms with Gasteiger partial charge in [-0.15, -0.1) is 0 Å². The van der Waals surface area contributed by atoms with Crippen LogP contribution in [0.3, 0.4) is 0 Å². The number of aromatic nitrogens is 1. The SMILES string of the molecule is Cc1[nH]c2c(F)cc(C3(N)CC3)cc2c1C. The van der Waals surface area contributed by atoms with Crippen molar-refractivity contribution in [1.29, 1.82) is 0 Å². The van der Waals surface area contributed by atoms with Crippen LogP contribution in [0.1, 0.15) is 29.7 Å². The standard InChI is InChI=1S/C13H15FN2/c1-7-8(2)16-12-10(7)5-9(6-11(12)14)13(15)3-4-13/h5-6,16H,3-4,15H2,1-2H3. The number of hydrogen-bond acceptors (Lipinski definition) is 1. The van der Waals surface area contributed by atoms with Crippen molar-refractivity contribution in [3.63, 3.8) is 0 Å². The number of nitrogens with two attached hydrogens (primary N) is 1. The van der Waals surface area contributed by atoms with Gasteiger partial charge in [-0.05, 0) is 49.9 Å². The number of halogens is 1. The number of hydrogen-bond donors (Lipinski definition) is 2. The summed E-state index contributed by atoms with van der Waals surface area (Å²) in [6, 6.07) is 3.61. The minimum Gasteiger partial charge on any atom is -0.356 e. The Labute approximate surface area is 93.6 Å². The number of benzene rings is 1. The van der Waals surface area contributed by atoms with E-state index in [2.05, 4.69) is 4.98 Å². The van der Waals surface area contributed by atoms with Gasteiger partial charge in [0.1, 0.15) is 5.82 Å². The van der Waals surface area contributed by atoms with Crippen molar-refractivity contribution >= 4 is 10.9 Å². The summed E-state index contributed by atoms with van der Waals surface area (Å²) in [6.45, 7) is 3.97. The normalized spacial score (nSPS) is 18.0. The molecule has 84 valence electrons. The molecule has 1 saturated carbocycles. The van der Waals surface area contributed by atoms with Gasteiger partial charge in [-0.1, -0.05) is 0 Å². The highest BCUT2D eigenvalue weighted by molar-refractivity contribution is 5.85. The summed E-state index contributed by atoms with van der Waals surface area (Å²) in [7, 11) is 0. The lowest BCUT2D eigenvalue weighted by molar-refractivity contribution is 0.628. The smallest absolute Gasteiger partial charge is 0.147 e. The quantitative estimate of drug-likeness (QED) is 0.759. The highest BCUT2D eigenvalue weighted by Gasteiger charge is 2.40. The molecule has 0 aliphatic heterocycles. The maximum absolute atomic E-state index is 13.9. The average Bonchev–Trinajstić information content (AvgIpc) is 2.92. The van der Waals surface area contributed by atoms with Crippen LogP contribution in [0.2, 0.25) is 0 Å². The van der Waals surface area contributed by atoms with Gasteiger partial charge in [0.15, 0.2) is 0 Å².